The minimum Gasteiger partial charge on any atom is -0.356 e. The molecule has 0 aliphatic heterocycles. The number of hydrogen-bond acceptors (Lipinski definition) is 4. The van der Waals surface area contributed by atoms with Crippen molar-refractivity contribution < 1.29 is 19.2 Å². The van der Waals surface area contributed by atoms with Crippen molar-refractivity contribution in [3.8, 4) is 0 Å². The fraction of sp³-hybridized carbons (Fsp3) is 0.500. The first kappa shape index (κ1) is 22.2. The zero-order chi connectivity index (χ0) is 19.4. The van der Waals surface area contributed by atoms with Gasteiger partial charge in [-0.3, -0.25) is 14.4 Å². The molecule has 25 heavy (non-hydrogen) atoms. The van der Waals surface area contributed by atoms with Gasteiger partial charge >= 0.3 is 6.03 Å². The first-order valence-corrected chi connectivity index (χ1v) is 7.86. The molecule has 0 radical (unpaired) electrons. The van der Waals surface area contributed by atoms with Crippen LogP contribution >= 0.6 is 0 Å². The predicted octanol–water partition coefficient (Wildman–Crippen LogP) is -0.828. The van der Waals surface area contributed by atoms with Crippen molar-refractivity contribution in [1.82, 2.24) is 26.6 Å². The van der Waals surface area contributed by atoms with Crippen LogP contribution in [0.2, 0.25) is 0 Å². The third-order valence-electron chi connectivity index (χ3n) is 3.09. The molecule has 0 aromatic carbocycles. The smallest absolute Gasteiger partial charge is 0.315 e. The Labute approximate surface area is 147 Å². The van der Waals surface area contributed by atoms with E-state index in [4.69, 9.17) is 0 Å². The van der Waals surface area contributed by atoms with Crippen LogP contribution < -0.4 is 26.6 Å². The molecule has 0 saturated carbocycles. The average Bonchev–Trinajstić information content (AvgIpc) is 2.58. The van der Waals surface area contributed by atoms with E-state index in [1.807, 2.05) is 0 Å². The van der Waals surface area contributed by atoms with Gasteiger partial charge in [0.25, 0.3) is 0 Å². The molecule has 5 amide bonds. The van der Waals surface area contributed by atoms with Gasteiger partial charge in [-0.15, -0.1) is 0 Å². The molecule has 0 bridgehead atoms. The molecular weight excluding hydrogens is 326 g/mol. The summed E-state index contributed by atoms with van der Waals surface area (Å²) in [5.74, 6) is -1.23. The molecule has 0 rings (SSSR count). The number of allylic oxidation sites excluding steroid dienone is 1. The molecule has 3 unspecified atom stereocenters. The number of amides is 5. The molecular formula is C16H27N5O4. The highest BCUT2D eigenvalue weighted by Gasteiger charge is 2.22. The third kappa shape index (κ3) is 9.14. The van der Waals surface area contributed by atoms with E-state index in [-0.39, 0.29) is 5.91 Å². The summed E-state index contributed by atoms with van der Waals surface area (Å²) in [5.41, 5.74) is 0. The summed E-state index contributed by atoms with van der Waals surface area (Å²) in [7, 11) is 2.94. The number of hydrogen-bond donors (Lipinski definition) is 5. The van der Waals surface area contributed by atoms with Crippen LogP contribution in [0.4, 0.5) is 4.79 Å². The van der Waals surface area contributed by atoms with Gasteiger partial charge in [-0.1, -0.05) is 18.2 Å². The van der Waals surface area contributed by atoms with Crippen molar-refractivity contribution in [3.63, 3.8) is 0 Å². The number of nitrogens with one attached hydrogen (secondary N) is 5. The van der Waals surface area contributed by atoms with Crippen molar-refractivity contribution in [3.05, 3.63) is 24.3 Å². The van der Waals surface area contributed by atoms with Crippen LogP contribution in [-0.4, -0.2) is 56.0 Å². The Bertz CT molecular complexity index is 545. The molecule has 140 valence electrons. The maximum Gasteiger partial charge on any atom is 0.315 e. The zero-order valence-corrected chi connectivity index (χ0v) is 15.2. The monoisotopic (exact) mass is 353 g/mol. The molecule has 0 saturated heterocycles. The molecule has 0 aromatic heterocycles. The van der Waals surface area contributed by atoms with E-state index in [9.17, 15) is 19.2 Å². The largest absolute Gasteiger partial charge is 0.356 e. The minimum atomic E-state index is -0.901. The number of urea groups is 1. The van der Waals surface area contributed by atoms with Crippen LogP contribution in [0.1, 0.15) is 20.8 Å². The van der Waals surface area contributed by atoms with Gasteiger partial charge in [0.15, 0.2) is 0 Å². The summed E-state index contributed by atoms with van der Waals surface area (Å²) in [6, 6.07) is -2.62. The highest BCUT2D eigenvalue weighted by atomic mass is 16.2. The van der Waals surface area contributed by atoms with Crippen molar-refractivity contribution in [2.24, 2.45) is 0 Å². The third-order valence-corrected chi connectivity index (χ3v) is 3.09. The van der Waals surface area contributed by atoms with E-state index in [0.29, 0.717) is 0 Å². The fourth-order valence-corrected chi connectivity index (χ4v) is 1.68. The number of likely N-dealkylation sites (N-methyl/N-ethyl adjacent to an activating group) is 1. The Morgan fingerprint density at radius 3 is 2.00 bits per heavy atom. The van der Waals surface area contributed by atoms with Crippen molar-refractivity contribution in [2.75, 3.05) is 14.1 Å². The van der Waals surface area contributed by atoms with Crippen molar-refractivity contribution >= 4 is 23.8 Å². The summed E-state index contributed by atoms with van der Waals surface area (Å²) >= 11 is 0. The van der Waals surface area contributed by atoms with Gasteiger partial charge in [0.1, 0.15) is 12.1 Å². The second kappa shape index (κ2) is 11.7. The van der Waals surface area contributed by atoms with Crippen LogP contribution in [-0.2, 0) is 14.4 Å². The predicted molar refractivity (Wildman–Crippen MR) is 94.6 cm³/mol. The Morgan fingerprint density at radius 2 is 1.48 bits per heavy atom. The highest BCUT2D eigenvalue weighted by molar-refractivity contribution is 5.93. The molecule has 0 heterocycles. The molecule has 0 aliphatic rings. The summed E-state index contributed by atoms with van der Waals surface area (Å²) in [4.78, 5) is 46.8. The maximum atomic E-state index is 12.3. The lowest BCUT2D eigenvalue weighted by Crippen LogP contribution is -2.54. The summed E-state index contributed by atoms with van der Waals surface area (Å²) in [6.07, 6.45) is 5.99. The number of carbonyl (C=O) groups is 4. The minimum absolute atomic E-state index is 0.284. The standard InChI is InChI=1S/C16H27N5O4/c1-6-7-12(21-14(23)11(3)20-16(25)18-5)15(24)19-10(2)8-9-13(22)17-4/h6-12H,1-5H3,(H,17,22)(H,19,24)(H,21,23)(H2,18,20,25). The quantitative estimate of drug-likeness (QED) is 0.288. The molecule has 5 N–H and O–H groups in total. The topological polar surface area (TPSA) is 128 Å². The molecule has 3 atom stereocenters. The average molecular weight is 353 g/mol. The van der Waals surface area contributed by atoms with Crippen LogP contribution in [0.3, 0.4) is 0 Å². The van der Waals surface area contributed by atoms with Crippen molar-refractivity contribution in [1.29, 1.82) is 0 Å². The van der Waals surface area contributed by atoms with Gasteiger partial charge in [-0.05, 0) is 20.8 Å². The lowest BCUT2D eigenvalue weighted by molar-refractivity contribution is -0.128. The summed E-state index contributed by atoms with van der Waals surface area (Å²) in [5, 5.41) is 12.4. The number of carbonyl (C=O) groups excluding carboxylic acids is 4. The second-order valence-electron chi connectivity index (χ2n) is 5.23. The molecule has 0 aliphatic carbocycles. The molecule has 0 fully saturated rings. The lowest BCUT2D eigenvalue weighted by Gasteiger charge is -2.20. The van der Waals surface area contributed by atoms with Crippen molar-refractivity contribution in [2.45, 2.75) is 38.9 Å². The molecule has 0 aromatic rings. The normalized spacial score (nSPS) is 14.4. The molecule has 0 spiro atoms. The van der Waals surface area contributed by atoms with Gasteiger partial charge in [0, 0.05) is 26.2 Å². The zero-order valence-electron chi connectivity index (χ0n) is 15.2. The number of rotatable bonds is 8. The first-order valence-electron chi connectivity index (χ1n) is 7.86. The Balaban J connectivity index is 4.79. The van der Waals surface area contributed by atoms with Gasteiger partial charge < -0.3 is 26.6 Å². The molecule has 9 nitrogen and oxygen atoms in total. The Hall–Kier alpha value is -2.84. The molecule has 9 heteroatoms. The second-order valence-corrected chi connectivity index (χ2v) is 5.23. The van der Waals surface area contributed by atoms with E-state index < -0.39 is 36.0 Å². The summed E-state index contributed by atoms with van der Waals surface area (Å²) < 4.78 is 0. The van der Waals surface area contributed by atoms with Gasteiger partial charge in [-0.25, -0.2) is 4.79 Å². The fourth-order valence-electron chi connectivity index (χ4n) is 1.68. The van der Waals surface area contributed by atoms with Crippen LogP contribution in [0.5, 0.6) is 0 Å². The summed E-state index contributed by atoms with van der Waals surface area (Å²) in [6.45, 7) is 4.92. The van der Waals surface area contributed by atoms with Gasteiger partial charge in [0.2, 0.25) is 17.7 Å². The van der Waals surface area contributed by atoms with E-state index in [1.54, 1.807) is 19.9 Å². The van der Waals surface area contributed by atoms with Crippen LogP contribution in [0.15, 0.2) is 24.3 Å². The van der Waals surface area contributed by atoms with E-state index >= 15 is 0 Å². The van der Waals surface area contributed by atoms with E-state index in [0.717, 1.165) is 0 Å². The maximum absolute atomic E-state index is 12.3. The highest BCUT2D eigenvalue weighted by Crippen LogP contribution is 1.94. The Kier molecular flexibility index (Phi) is 10.3. The van der Waals surface area contributed by atoms with Crippen LogP contribution in [0, 0.1) is 0 Å². The SMILES string of the molecule is CC=CC(NC(=O)C(C)NC(=O)NC)C(=O)NC(C)C=CC(=O)NC. The van der Waals surface area contributed by atoms with E-state index in [1.165, 1.54) is 39.2 Å². The Morgan fingerprint density at radius 1 is 0.840 bits per heavy atom. The lowest BCUT2D eigenvalue weighted by atomic mass is 10.2. The van der Waals surface area contributed by atoms with Gasteiger partial charge in [-0.2, -0.15) is 0 Å². The van der Waals surface area contributed by atoms with Gasteiger partial charge in [0.05, 0.1) is 0 Å². The van der Waals surface area contributed by atoms with E-state index in [2.05, 4.69) is 26.6 Å². The first-order chi connectivity index (χ1) is 11.7. The van der Waals surface area contributed by atoms with Crippen LogP contribution in [0.25, 0.3) is 0 Å².